The summed E-state index contributed by atoms with van der Waals surface area (Å²) in [5, 5.41) is 3.47. The Balaban J connectivity index is 1.58. The monoisotopic (exact) mass is 323 g/mol. The van der Waals surface area contributed by atoms with Crippen molar-refractivity contribution in [2.75, 3.05) is 0 Å². The molecule has 122 valence electrons. The lowest BCUT2D eigenvalue weighted by Crippen LogP contribution is -2.46. The van der Waals surface area contributed by atoms with Crippen LogP contribution in [0.1, 0.15) is 15.9 Å². The van der Waals surface area contributed by atoms with E-state index < -0.39 is 6.03 Å². The number of carbonyl (C=O) groups excluding carboxylic acids is 2. The smallest absolute Gasteiger partial charge is 0.333 e. The molecule has 0 aliphatic rings. The average molecular weight is 323 g/mol. The zero-order valence-corrected chi connectivity index (χ0v) is 13.1. The molecule has 0 saturated carbocycles. The van der Waals surface area contributed by atoms with Gasteiger partial charge < -0.3 is 9.88 Å². The van der Waals surface area contributed by atoms with Gasteiger partial charge in [-0.2, -0.15) is 0 Å². The Morgan fingerprint density at radius 3 is 2.75 bits per heavy atom. The number of hydrogen-bond donors (Lipinski definition) is 3. The highest BCUT2D eigenvalue weighted by molar-refractivity contribution is 6.07. The van der Waals surface area contributed by atoms with E-state index in [4.69, 9.17) is 0 Å². The molecule has 3 amide bonds. The summed E-state index contributed by atoms with van der Waals surface area (Å²) in [7, 11) is 1.87. The van der Waals surface area contributed by atoms with Gasteiger partial charge in [-0.05, 0) is 17.7 Å². The number of amides is 3. The van der Waals surface area contributed by atoms with E-state index in [1.807, 2.05) is 41.9 Å². The Labute approximate surface area is 138 Å². The second kappa shape index (κ2) is 6.82. The van der Waals surface area contributed by atoms with Crippen LogP contribution in [0.3, 0.4) is 0 Å². The topological polar surface area (TPSA) is 88.0 Å². The molecule has 3 aromatic rings. The number of hydrazine groups is 1. The van der Waals surface area contributed by atoms with E-state index in [0.29, 0.717) is 12.1 Å². The summed E-state index contributed by atoms with van der Waals surface area (Å²) in [5.74, 6) is -0.372. The average Bonchev–Trinajstić information content (AvgIpc) is 2.96. The number of urea groups is 1. The second-order valence-electron chi connectivity index (χ2n) is 5.29. The summed E-state index contributed by atoms with van der Waals surface area (Å²) in [6.45, 7) is 0.323. The standard InChI is InChI=1S/C17H17N5O2/c1-22-11-14(13-6-2-3-7-15(13)22)16(23)20-21-17(24)19-10-12-5-4-8-18-9-12/h2-9,11H,10H2,1H3,(H,20,23)(H2,19,21,24). The number of carbonyl (C=O) groups is 2. The number of aromatic nitrogens is 2. The lowest BCUT2D eigenvalue weighted by Gasteiger charge is -2.08. The highest BCUT2D eigenvalue weighted by Crippen LogP contribution is 2.19. The van der Waals surface area contributed by atoms with E-state index in [2.05, 4.69) is 21.2 Å². The van der Waals surface area contributed by atoms with Crippen LogP contribution in [0.2, 0.25) is 0 Å². The van der Waals surface area contributed by atoms with E-state index in [1.165, 1.54) is 0 Å². The molecule has 0 bridgehead atoms. The minimum atomic E-state index is -0.493. The molecule has 24 heavy (non-hydrogen) atoms. The van der Waals surface area contributed by atoms with Gasteiger partial charge in [0.15, 0.2) is 0 Å². The number of para-hydroxylation sites is 1. The number of rotatable bonds is 3. The predicted molar refractivity (Wildman–Crippen MR) is 90.0 cm³/mol. The number of aryl methyl sites for hydroxylation is 1. The van der Waals surface area contributed by atoms with E-state index >= 15 is 0 Å². The van der Waals surface area contributed by atoms with Crippen molar-refractivity contribution in [1.29, 1.82) is 0 Å². The van der Waals surface area contributed by atoms with Crippen LogP contribution in [-0.2, 0) is 13.6 Å². The molecule has 1 aromatic carbocycles. The first-order chi connectivity index (χ1) is 11.6. The highest BCUT2D eigenvalue weighted by Gasteiger charge is 2.14. The van der Waals surface area contributed by atoms with E-state index in [-0.39, 0.29) is 5.91 Å². The summed E-state index contributed by atoms with van der Waals surface area (Å²) in [5.41, 5.74) is 7.07. The molecule has 0 fully saturated rings. The SMILES string of the molecule is Cn1cc(C(=O)NNC(=O)NCc2cccnc2)c2ccccc21. The first-order valence-electron chi connectivity index (χ1n) is 7.42. The van der Waals surface area contributed by atoms with Gasteiger partial charge in [0.25, 0.3) is 5.91 Å². The lowest BCUT2D eigenvalue weighted by molar-refractivity contribution is 0.0937. The van der Waals surface area contributed by atoms with Crippen LogP contribution < -0.4 is 16.2 Å². The minimum absolute atomic E-state index is 0.323. The summed E-state index contributed by atoms with van der Waals surface area (Å²) < 4.78 is 1.87. The fourth-order valence-corrected chi connectivity index (χ4v) is 2.43. The molecule has 7 heteroatoms. The zero-order valence-electron chi connectivity index (χ0n) is 13.1. The number of hydrogen-bond acceptors (Lipinski definition) is 3. The number of nitrogens with one attached hydrogen (secondary N) is 3. The fourth-order valence-electron chi connectivity index (χ4n) is 2.43. The first kappa shape index (κ1) is 15.5. The van der Waals surface area contributed by atoms with Crippen LogP contribution in [0, 0.1) is 0 Å². The van der Waals surface area contributed by atoms with E-state index in [1.54, 1.807) is 24.7 Å². The molecule has 3 rings (SSSR count). The van der Waals surface area contributed by atoms with Gasteiger partial charge >= 0.3 is 6.03 Å². The normalized spacial score (nSPS) is 10.4. The van der Waals surface area contributed by atoms with Gasteiger partial charge in [-0.25, -0.2) is 10.2 Å². The molecule has 2 aromatic heterocycles. The van der Waals surface area contributed by atoms with Crippen LogP contribution in [-0.4, -0.2) is 21.5 Å². The third-order valence-electron chi connectivity index (χ3n) is 3.61. The lowest BCUT2D eigenvalue weighted by atomic mass is 10.2. The first-order valence-corrected chi connectivity index (χ1v) is 7.42. The summed E-state index contributed by atoms with van der Waals surface area (Å²) in [6, 6.07) is 10.7. The van der Waals surface area contributed by atoms with Crippen molar-refractivity contribution in [3.63, 3.8) is 0 Å². The third kappa shape index (κ3) is 3.35. The molecule has 3 N–H and O–H groups in total. The Hall–Kier alpha value is -3.35. The molecule has 0 aliphatic carbocycles. The quantitative estimate of drug-likeness (QED) is 0.641. The van der Waals surface area contributed by atoms with Crippen LogP contribution >= 0.6 is 0 Å². The van der Waals surface area contributed by atoms with Gasteiger partial charge in [0.2, 0.25) is 0 Å². The zero-order chi connectivity index (χ0) is 16.9. The maximum Gasteiger partial charge on any atom is 0.333 e. The molecule has 0 aliphatic heterocycles. The fraction of sp³-hybridized carbons (Fsp3) is 0.118. The molecule has 0 spiro atoms. The Kier molecular flexibility index (Phi) is 4.42. The van der Waals surface area contributed by atoms with Crippen molar-refractivity contribution in [2.45, 2.75) is 6.54 Å². The molecule has 2 heterocycles. The largest absolute Gasteiger partial charge is 0.350 e. The van der Waals surface area contributed by atoms with Crippen LogP contribution in [0.15, 0.2) is 55.0 Å². The van der Waals surface area contributed by atoms with E-state index in [0.717, 1.165) is 16.5 Å². The molecular weight excluding hydrogens is 306 g/mol. The Bertz CT molecular complexity index is 873. The van der Waals surface area contributed by atoms with Gasteiger partial charge in [0, 0.05) is 43.1 Å². The van der Waals surface area contributed by atoms with Crippen molar-refractivity contribution in [3.05, 3.63) is 66.1 Å². The van der Waals surface area contributed by atoms with Crippen molar-refractivity contribution < 1.29 is 9.59 Å². The number of pyridine rings is 1. The van der Waals surface area contributed by atoms with Crippen molar-refractivity contribution in [3.8, 4) is 0 Å². The van der Waals surface area contributed by atoms with Crippen molar-refractivity contribution >= 4 is 22.8 Å². The van der Waals surface area contributed by atoms with Crippen molar-refractivity contribution in [1.82, 2.24) is 25.7 Å². The molecule has 0 radical (unpaired) electrons. The van der Waals surface area contributed by atoms with Crippen molar-refractivity contribution in [2.24, 2.45) is 7.05 Å². The number of fused-ring (bicyclic) bond motifs is 1. The second-order valence-corrected chi connectivity index (χ2v) is 5.29. The van der Waals surface area contributed by atoms with Crippen LogP contribution in [0.25, 0.3) is 10.9 Å². The Morgan fingerprint density at radius 2 is 1.96 bits per heavy atom. The van der Waals surface area contributed by atoms with Gasteiger partial charge in [0.1, 0.15) is 0 Å². The van der Waals surface area contributed by atoms with Gasteiger partial charge in [-0.1, -0.05) is 24.3 Å². The molecule has 0 saturated heterocycles. The van der Waals surface area contributed by atoms with Gasteiger partial charge in [-0.15, -0.1) is 0 Å². The minimum Gasteiger partial charge on any atom is -0.350 e. The highest BCUT2D eigenvalue weighted by atomic mass is 16.2. The number of nitrogens with zero attached hydrogens (tertiary/aromatic N) is 2. The maximum absolute atomic E-state index is 12.3. The van der Waals surface area contributed by atoms with Crippen LogP contribution in [0.4, 0.5) is 4.79 Å². The molecular formula is C17H17N5O2. The Morgan fingerprint density at radius 1 is 1.12 bits per heavy atom. The molecule has 7 nitrogen and oxygen atoms in total. The molecule has 0 atom stereocenters. The number of benzene rings is 1. The maximum atomic E-state index is 12.3. The summed E-state index contributed by atoms with van der Waals surface area (Å²) in [4.78, 5) is 28.0. The van der Waals surface area contributed by atoms with Crippen LogP contribution in [0.5, 0.6) is 0 Å². The summed E-state index contributed by atoms with van der Waals surface area (Å²) >= 11 is 0. The molecule has 0 unspecified atom stereocenters. The summed E-state index contributed by atoms with van der Waals surface area (Å²) in [6.07, 6.45) is 5.05. The van der Waals surface area contributed by atoms with Gasteiger partial charge in [-0.3, -0.25) is 15.2 Å². The van der Waals surface area contributed by atoms with E-state index in [9.17, 15) is 9.59 Å². The van der Waals surface area contributed by atoms with Gasteiger partial charge in [0.05, 0.1) is 5.56 Å². The predicted octanol–water partition coefficient (Wildman–Crippen LogP) is 1.72. The third-order valence-corrected chi connectivity index (χ3v) is 3.61.